The van der Waals surface area contributed by atoms with E-state index in [4.69, 9.17) is 0 Å². The highest BCUT2D eigenvalue weighted by Crippen LogP contribution is 2.20. The van der Waals surface area contributed by atoms with Crippen LogP contribution in [0.1, 0.15) is 34.6 Å². The maximum Gasteiger partial charge on any atom is 0.257 e. The quantitative estimate of drug-likeness (QED) is 0.848. The number of carbonyl (C=O) groups excluding carboxylic acids is 1. The summed E-state index contributed by atoms with van der Waals surface area (Å²) in [5.41, 5.74) is 2.92. The van der Waals surface area contributed by atoms with E-state index in [2.05, 4.69) is 15.3 Å². The number of anilines is 1. The average Bonchev–Trinajstić information content (AvgIpc) is 2.82. The number of carbonyl (C=O) groups is 1. The number of imidazole rings is 1. The van der Waals surface area contributed by atoms with E-state index in [1.165, 1.54) is 18.5 Å². The highest BCUT2D eigenvalue weighted by Gasteiger charge is 2.15. The molecule has 0 bridgehead atoms. The summed E-state index contributed by atoms with van der Waals surface area (Å²) < 4.78 is 0. The smallest absolute Gasteiger partial charge is 0.257 e. The Kier molecular flexibility index (Phi) is 2.84. The Hall–Kier alpha value is -2.10. The Bertz CT molecular complexity index is 536. The van der Waals surface area contributed by atoms with Crippen molar-refractivity contribution in [2.24, 2.45) is 0 Å². The number of fused-ring (bicyclic) bond motifs is 1. The molecule has 1 aliphatic rings. The van der Waals surface area contributed by atoms with Gasteiger partial charge in [0.15, 0.2) is 0 Å². The minimum Gasteiger partial charge on any atom is -0.328 e. The van der Waals surface area contributed by atoms with E-state index in [0.717, 1.165) is 18.5 Å². The van der Waals surface area contributed by atoms with Gasteiger partial charge in [-0.2, -0.15) is 0 Å². The second kappa shape index (κ2) is 4.64. The zero-order valence-electron chi connectivity index (χ0n) is 10.1. The summed E-state index contributed by atoms with van der Waals surface area (Å²) in [7, 11) is 0. The molecular weight excluding hydrogens is 226 g/mol. The van der Waals surface area contributed by atoms with Crippen molar-refractivity contribution in [3.63, 3.8) is 0 Å². The fraction of sp³-hybridized carbons (Fsp3) is 0.286. The van der Waals surface area contributed by atoms with Crippen LogP contribution in [0.2, 0.25) is 0 Å². The second-order valence-electron chi connectivity index (χ2n) is 4.54. The number of amides is 1. The molecule has 1 heterocycles. The van der Waals surface area contributed by atoms with Crippen LogP contribution in [0.15, 0.2) is 30.3 Å². The van der Waals surface area contributed by atoms with Crippen LogP contribution in [0.4, 0.5) is 5.95 Å². The summed E-state index contributed by atoms with van der Waals surface area (Å²) in [5.74, 6) is 0.442. The van der Waals surface area contributed by atoms with Crippen molar-refractivity contribution in [1.29, 1.82) is 0 Å². The molecule has 4 nitrogen and oxygen atoms in total. The molecule has 1 amide bonds. The number of aromatic amines is 1. The Morgan fingerprint density at radius 1 is 1.17 bits per heavy atom. The summed E-state index contributed by atoms with van der Waals surface area (Å²) in [5, 5.41) is 2.81. The number of hydrogen-bond acceptors (Lipinski definition) is 2. The van der Waals surface area contributed by atoms with Crippen molar-refractivity contribution in [1.82, 2.24) is 9.97 Å². The molecular formula is C14H15N3O. The number of benzene rings is 1. The molecule has 1 aromatic heterocycles. The van der Waals surface area contributed by atoms with Gasteiger partial charge in [0.1, 0.15) is 0 Å². The fourth-order valence-corrected chi connectivity index (χ4v) is 2.28. The number of H-pyrrole nitrogens is 1. The zero-order chi connectivity index (χ0) is 12.4. The van der Waals surface area contributed by atoms with E-state index in [-0.39, 0.29) is 5.91 Å². The average molecular weight is 241 g/mol. The molecule has 2 aromatic rings. The van der Waals surface area contributed by atoms with Crippen molar-refractivity contribution in [2.75, 3.05) is 5.32 Å². The predicted octanol–water partition coefficient (Wildman–Crippen LogP) is 2.54. The summed E-state index contributed by atoms with van der Waals surface area (Å²) in [6.45, 7) is 0. The van der Waals surface area contributed by atoms with Crippen LogP contribution in [0.3, 0.4) is 0 Å². The molecule has 2 N–H and O–H groups in total. The Morgan fingerprint density at radius 2 is 1.94 bits per heavy atom. The molecule has 1 aliphatic carbocycles. The second-order valence-corrected chi connectivity index (χ2v) is 4.54. The van der Waals surface area contributed by atoms with E-state index < -0.39 is 0 Å². The Balaban J connectivity index is 1.77. The van der Waals surface area contributed by atoms with Crippen LogP contribution in [0.5, 0.6) is 0 Å². The molecule has 0 aliphatic heterocycles. The first-order valence-corrected chi connectivity index (χ1v) is 6.27. The van der Waals surface area contributed by atoms with Gasteiger partial charge in [-0.05, 0) is 37.8 Å². The minimum atomic E-state index is -0.123. The lowest BCUT2D eigenvalue weighted by atomic mass is 10.0. The molecule has 1 aromatic carbocycles. The maximum atomic E-state index is 12.0. The SMILES string of the molecule is O=C(Nc1nc2c([nH]1)CCCC2)c1ccccc1. The predicted molar refractivity (Wildman–Crippen MR) is 69.6 cm³/mol. The van der Waals surface area contributed by atoms with Crippen molar-refractivity contribution < 1.29 is 4.79 Å². The van der Waals surface area contributed by atoms with Gasteiger partial charge in [0, 0.05) is 11.3 Å². The highest BCUT2D eigenvalue weighted by molar-refractivity contribution is 6.03. The molecule has 18 heavy (non-hydrogen) atoms. The van der Waals surface area contributed by atoms with Crippen molar-refractivity contribution in [3.8, 4) is 0 Å². The first-order chi connectivity index (χ1) is 8.83. The van der Waals surface area contributed by atoms with Gasteiger partial charge in [-0.1, -0.05) is 18.2 Å². The van der Waals surface area contributed by atoms with Crippen LogP contribution in [-0.4, -0.2) is 15.9 Å². The van der Waals surface area contributed by atoms with E-state index in [1.807, 2.05) is 18.2 Å². The molecule has 4 heteroatoms. The van der Waals surface area contributed by atoms with Crippen LogP contribution < -0.4 is 5.32 Å². The summed E-state index contributed by atoms with van der Waals surface area (Å²) in [6, 6.07) is 9.17. The number of hydrogen-bond donors (Lipinski definition) is 2. The number of nitrogens with one attached hydrogen (secondary N) is 2. The number of nitrogens with zero attached hydrogens (tertiary/aromatic N) is 1. The van der Waals surface area contributed by atoms with Gasteiger partial charge in [0.25, 0.3) is 5.91 Å². The normalized spacial score (nSPS) is 14.0. The highest BCUT2D eigenvalue weighted by atomic mass is 16.1. The van der Waals surface area contributed by atoms with Gasteiger partial charge in [-0.3, -0.25) is 10.1 Å². The molecule has 0 saturated heterocycles. The van der Waals surface area contributed by atoms with Crippen molar-refractivity contribution in [3.05, 3.63) is 47.3 Å². The molecule has 0 spiro atoms. The number of aryl methyl sites for hydroxylation is 2. The van der Waals surface area contributed by atoms with E-state index >= 15 is 0 Å². The fourth-order valence-electron chi connectivity index (χ4n) is 2.28. The summed E-state index contributed by atoms with van der Waals surface area (Å²) in [6.07, 6.45) is 4.42. The molecule has 92 valence electrons. The van der Waals surface area contributed by atoms with Crippen molar-refractivity contribution in [2.45, 2.75) is 25.7 Å². The summed E-state index contributed by atoms with van der Waals surface area (Å²) in [4.78, 5) is 19.6. The Labute approximate surface area is 105 Å². The topological polar surface area (TPSA) is 57.8 Å². The maximum absolute atomic E-state index is 12.0. The third-order valence-corrected chi connectivity index (χ3v) is 3.22. The molecule has 0 fully saturated rings. The summed E-state index contributed by atoms with van der Waals surface area (Å²) >= 11 is 0. The lowest BCUT2D eigenvalue weighted by molar-refractivity contribution is 0.102. The molecule has 3 rings (SSSR count). The molecule has 0 unspecified atom stereocenters. The van der Waals surface area contributed by atoms with Gasteiger partial charge in [-0.15, -0.1) is 0 Å². The largest absolute Gasteiger partial charge is 0.328 e. The first kappa shape index (κ1) is 11.0. The Morgan fingerprint density at radius 3 is 2.72 bits per heavy atom. The monoisotopic (exact) mass is 241 g/mol. The molecule has 0 radical (unpaired) electrons. The van der Waals surface area contributed by atoms with E-state index in [0.29, 0.717) is 11.5 Å². The van der Waals surface area contributed by atoms with Gasteiger partial charge >= 0.3 is 0 Å². The number of rotatable bonds is 2. The van der Waals surface area contributed by atoms with Crippen LogP contribution in [0.25, 0.3) is 0 Å². The van der Waals surface area contributed by atoms with Gasteiger partial charge in [-0.25, -0.2) is 4.98 Å². The van der Waals surface area contributed by atoms with Crippen molar-refractivity contribution >= 4 is 11.9 Å². The lowest BCUT2D eigenvalue weighted by Crippen LogP contribution is -2.12. The van der Waals surface area contributed by atoms with Gasteiger partial charge in [0.05, 0.1) is 5.69 Å². The molecule has 0 saturated carbocycles. The van der Waals surface area contributed by atoms with Crippen LogP contribution in [-0.2, 0) is 12.8 Å². The minimum absolute atomic E-state index is 0.123. The van der Waals surface area contributed by atoms with E-state index in [1.54, 1.807) is 12.1 Å². The zero-order valence-corrected chi connectivity index (χ0v) is 10.1. The first-order valence-electron chi connectivity index (χ1n) is 6.27. The number of aromatic nitrogens is 2. The third kappa shape index (κ3) is 2.14. The molecule has 0 atom stereocenters. The van der Waals surface area contributed by atoms with Crippen LogP contribution in [0, 0.1) is 0 Å². The van der Waals surface area contributed by atoms with Gasteiger partial charge in [0.2, 0.25) is 5.95 Å². The lowest BCUT2D eigenvalue weighted by Gasteiger charge is -2.07. The standard InChI is InChI=1S/C14H15N3O/c18-13(10-6-2-1-3-7-10)17-14-15-11-8-4-5-9-12(11)16-14/h1-3,6-7H,4-5,8-9H2,(H2,15,16,17,18). The van der Waals surface area contributed by atoms with Crippen LogP contribution >= 0.6 is 0 Å². The third-order valence-electron chi connectivity index (χ3n) is 3.22. The van der Waals surface area contributed by atoms with E-state index in [9.17, 15) is 4.79 Å². The van der Waals surface area contributed by atoms with Gasteiger partial charge < -0.3 is 4.98 Å².